The molecule has 0 aliphatic carbocycles. The van der Waals surface area contributed by atoms with Crippen LogP contribution in [0.1, 0.15) is 24.8 Å². The van der Waals surface area contributed by atoms with Crippen LogP contribution in [0.2, 0.25) is 5.02 Å². The van der Waals surface area contributed by atoms with Gasteiger partial charge in [0.2, 0.25) is 5.91 Å². The third-order valence-electron chi connectivity index (χ3n) is 3.39. The van der Waals surface area contributed by atoms with Crippen LogP contribution in [0, 0.1) is 17.8 Å². The zero-order valence-corrected chi connectivity index (χ0v) is 13.4. The van der Waals surface area contributed by atoms with Crippen molar-refractivity contribution in [1.29, 1.82) is 0 Å². The number of amides is 1. The molecule has 0 spiro atoms. The van der Waals surface area contributed by atoms with E-state index in [1.165, 1.54) is 0 Å². The minimum Gasteiger partial charge on any atom is -0.326 e. The fraction of sp³-hybridized carbons (Fsp3) is 0.438. The van der Waals surface area contributed by atoms with Gasteiger partial charge in [-0.25, -0.2) is 0 Å². The molecule has 0 atom stereocenters. The maximum absolute atomic E-state index is 12.1. The van der Waals surface area contributed by atoms with Crippen molar-refractivity contribution in [3.05, 3.63) is 28.8 Å². The Labute approximate surface area is 135 Å². The van der Waals surface area contributed by atoms with E-state index in [9.17, 15) is 4.79 Å². The van der Waals surface area contributed by atoms with E-state index in [1.54, 1.807) is 18.2 Å². The molecule has 0 unspecified atom stereocenters. The van der Waals surface area contributed by atoms with Gasteiger partial charge in [-0.1, -0.05) is 23.4 Å². The van der Waals surface area contributed by atoms with Crippen molar-refractivity contribution in [1.82, 2.24) is 0 Å². The van der Waals surface area contributed by atoms with Gasteiger partial charge in [0.25, 0.3) is 0 Å². The van der Waals surface area contributed by atoms with Gasteiger partial charge in [-0.05, 0) is 48.5 Å². The summed E-state index contributed by atoms with van der Waals surface area (Å²) in [6.07, 6.45) is 2.85. The van der Waals surface area contributed by atoms with Crippen LogP contribution in [-0.2, 0) is 4.79 Å². The molecule has 1 aliphatic heterocycles. The lowest BCUT2D eigenvalue weighted by Gasteiger charge is -2.20. The van der Waals surface area contributed by atoms with Gasteiger partial charge in [0.05, 0.1) is 11.6 Å². The van der Waals surface area contributed by atoms with Crippen LogP contribution in [0.15, 0.2) is 18.2 Å². The molecule has 5 heteroatoms. The highest BCUT2D eigenvalue weighted by Gasteiger charge is 2.17. The lowest BCUT2D eigenvalue weighted by Crippen LogP contribution is -2.19. The summed E-state index contributed by atoms with van der Waals surface area (Å²) in [5.74, 6) is 8.58. The molecule has 0 saturated carbocycles. The fourth-order valence-electron chi connectivity index (χ4n) is 2.27. The summed E-state index contributed by atoms with van der Waals surface area (Å²) < 4.78 is 0. The highest BCUT2D eigenvalue weighted by atomic mass is 35.5. The van der Waals surface area contributed by atoms with Crippen molar-refractivity contribution in [2.45, 2.75) is 19.3 Å². The lowest BCUT2D eigenvalue weighted by molar-refractivity contribution is -0.117. The van der Waals surface area contributed by atoms with Gasteiger partial charge in [-0.2, -0.15) is 11.8 Å². The summed E-state index contributed by atoms with van der Waals surface area (Å²) >= 11 is 8.03. The zero-order chi connectivity index (χ0) is 15.1. The molecule has 2 rings (SSSR count). The molecule has 21 heavy (non-hydrogen) atoms. The summed E-state index contributed by atoms with van der Waals surface area (Å²) in [5.41, 5.74) is 6.78. The molecule has 3 nitrogen and oxygen atoms in total. The highest BCUT2D eigenvalue weighted by Crippen LogP contribution is 2.26. The minimum atomic E-state index is 0.0620. The Kier molecular flexibility index (Phi) is 6.44. The van der Waals surface area contributed by atoms with Gasteiger partial charge in [0.1, 0.15) is 0 Å². The van der Waals surface area contributed by atoms with E-state index in [1.807, 2.05) is 11.8 Å². The van der Waals surface area contributed by atoms with E-state index in [0.717, 1.165) is 30.0 Å². The molecule has 0 radical (unpaired) electrons. The topological polar surface area (TPSA) is 55.1 Å². The molecule has 1 saturated heterocycles. The molecule has 1 amide bonds. The predicted molar refractivity (Wildman–Crippen MR) is 90.7 cm³/mol. The van der Waals surface area contributed by atoms with Crippen molar-refractivity contribution in [2.24, 2.45) is 11.7 Å². The maximum atomic E-state index is 12.1. The molecule has 1 aliphatic rings. The molecule has 112 valence electrons. The van der Waals surface area contributed by atoms with Crippen molar-refractivity contribution in [2.75, 3.05) is 23.4 Å². The number of nitrogens with one attached hydrogen (secondary N) is 1. The number of nitrogens with two attached hydrogens (primary N) is 1. The predicted octanol–water partition coefficient (Wildman–Crippen LogP) is 3.12. The first-order valence-electron chi connectivity index (χ1n) is 7.05. The molecule has 1 aromatic rings. The quantitative estimate of drug-likeness (QED) is 0.841. The van der Waals surface area contributed by atoms with Crippen molar-refractivity contribution >= 4 is 35.0 Å². The van der Waals surface area contributed by atoms with Crippen LogP contribution in [0.3, 0.4) is 0 Å². The molecule has 0 bridgehead atoms. The van der Waals surface area contributed by atoms with Crippen molar-refractivity contribution in [3.63, 3.8) is 0 Å². The maximum Gasteiger partial charge on any atom is 0.224 e. The standard InChI is InChI=1S/C16H19ClN2OS/c17-15-4-3-14(11-13(15)2-1-7-18)19-16(20)10-12-5-8-21-9-6-12/h3-4,11-12H,5-10,18H2,(H,19,20). The Morgan fingerprint density at radius 1 is 1.43 bits per heavy atom. The Balaban J connectivity index is 1.96. The normalized spacial score (nSPS) is 15.1. The lowest BCUT2D eigenvalue weighted by atomic mass is 9.98. The first kappa shape index (κ1) is 16.2. The molecule has 0 aromatic heterocycles. The average molecular weight is 323 g/mol. The molecule has 3 N–H and O–H groups in total. The third kappa shape index (κ3) is 5.28. The van der Waals surface area contributed by atoms with Crippen molar-refractivity contribution in [3.8, 4) is 11.8 Å². The number of benzene rings is 1. The molecule has 1 aromatic carbocycles. The number of carbonyl (C=O) groups is 1. The van der Waals surface area contributed by atoms with Gasteiger partial charge >= 0.3 is 0 Å². The SMILES string of the molecule is NCC#Cc1cc(NC(=O)CC2CCSCC2)ccc1Cl. The average Bonchev–Trinajstić information content (AvgIpc) is 2.48. The van der Waals surface area contributed by atoms with Crippen molar-refractivity contribution < 1.29 is 4.79 Å². The van der Waals surface area contributed by atoms with Gasteiger partial charge in [0, 0.05) is 17.7 Å². The Bertz CT molecular complexity index is 559. The first-order valence-corrected chi connectivity index (χ1v) is 8.58. The van der Waals surface area contributed by atoms with E-state index >= 15 is 0 Å². The second kappa shape index (κ2) is 8.33. The van der Waals surface area contributed by atoms with E-state index in [4.69, 9.17) is 17.3 Å². The van der Waals surface area contributed by atoms with Gasteiger partial charge in [-0.3, -0.25) is 4.79 Å². The third-order valence-corrected chi connectivity index (χ3v) is 4.77. The number of thioether (sulfide) groups is 1. The molecule has 1 heterocycles. The Morgan fingerprint density at radius 2 is 2.19 bits per heavy atom. The summed E-state index contributed by atoms with van der Waals surface area (Å²) in [6.45, 7) is 0.284. The smallest absolute Gasteiger partial charge is 0.224 e. The number of rotatable bonds is 3. The number of hydrogen-bond acceptors (Lipinski definition) is 3. The summed E-state index contributed by atoms with van der Waals surface area (Å²) in [4.78, 5) is 12.1. The Morgan fingerprint density at radius 3 is 2.90 bits per heavy atom. The van der Waals surface area contributed by atoms with Gasteiger partial charge < -0.3 is 11.1 Å². The summed E-state index contributed by atoms with van der Waals surface area (Å²) in [7, 11) is 0. The largest absolute Gasteiger partial charge is 0.326 e. The highest BCUT2D eigenvalue weighted by molar-refractivity contribution is 7.99. The Hall–Kier alpha value is -1.15. The summed E-state index contributed by atoms with van der Waals surface area (Å²) in [6, 6.07) is 5.33. The minimum absolute atomic E-state index is 0.0620. The van der Waals surface area contributed by atoms with Crippen LogP contribution in [0.25, 0.3) is 0 Å². The van der Waals surface area contributed by atoms with E-state index < -0.39 is 0 Å². The number of halogens is 1. The zero-order valence-electron chi connectivity index (χ0n) is 11.8. The van der Waals surface area contributed by atoms with Crippen LogP contribution in [0.5, 0.6) is 0 Å². The van der Waals surface area contributed by atoms with E-state index in [0.29, 0.717) is 22.9 Å². The van der Waals surface area contributed by atoms with Crippen LogP contribution in [0.4, 0.5) is 5.69 Å². The molecule has 1 fully saturated rings. The second-order valence-corrected chi connectivity index (χ2v) is 6.64. The van der Waals surface area contributed by atoms with Gasteiger partial charge in [-0.15, -0.1) is 0 Å². The number of anilines is 1. The second-order valence-electron chi connectivity index (χ2n) is 5.01. The van der Waals surface area contributed by atoms with Crippen LogP contribution >= 0.6 is 23.4 Å². The van der Waals surface area contributed by atoms with Gasteiger partial charge in [0.15, 0.2) is 0 Å². The fourth-order valence-corrected chi connectivity index (χ4v) is 3.64. The monoisotopic (exact) mass is 322 g/mol. The van der Waals surface area contributed by atoms with E-state index in [2.05, 4.69) is 17.2 Å². The molecular weight excluding hydrogens is 304 g/mol. The number of carbonyl (C=O) groups excluding carboxylic acids is 1. The molecular formula is C16H19ClN2OS. The van der Waals surface area contributed by atoms with E-state index in [-0.39, 0.29) is 12.5 Å². The first-order chi connectivity index (χ1) is 10.2. The van der Waals surface area contributed by atoms with Crippen LogP contribution in [-0.4, -0.2) is 24.0 Å². The number of hydrogen-bond donors (Lipinski definition) is 2. The summed E-state index contributed by atoms with van der Waals surface area (Å²) in [5, 5.41) is 3.50. The van der Waals surface area contributed by atoms with Crippen LogP contribution < -0.4 is 11.1 Å².